The Morgan fingerprint density at radius 2 is 0.944 bits per heavy atom. The number of piperazine rings is 8. The van der Waals surface area contributed by atoms with E-state index in [1.54, 1.807) is 9.80 Å². The van der Waals surface area contributed by atoms with E-state index < -0.39 is 0 Å². The Balaban J connectivity index is 0.813. The van der Waals surface area contributed by atoms with Gasteiger partial charge in [0.25, 0.3) is 0 Å². The molecule has 2 N–H and O–H groups in total. The molecular formula is C58H90I2N8O4+6. The molecule has 12 nitrogen and oxygen atoms in total. The third-order valence-electron chi connectivity index (χ3n) is 17.8. The molecule has 0 radical (unpaired) electrons. The average Bonchev–Trinajstić information content (AvgIpc) is 3.38. The first kappa shape index (κ1) is 54.3. The van der Waals surface area contributed by atoms with Gasteiger partial charge < -0.3 is 46.7 Å². The van der Waals surface area contributed by atoms with E-state index in [0.717, 1.165) is 110 Å². The van der Waals surface area contributed by atoms with Crippen molar-refractivity contribution in [2.24, 2.45) is 0 Å². The molecule has 14 heteroatoms. The van der Waals surface area contributed by atoms with E-state index in [9.17, 15) is 0 Å². The molecule has 0 aliphatic carbocycles. The van der Waals surface area contributed by atoms with Crippen LogP contribution >= 0.6 is 45.2 Å². The van der Waals surface area contributed by atoms with Crippen LogP contribution in [0.5, 0.6) is 23.0 Å². The van der Waals surface area contributed by atoms with Crippen LogP contribution in [0.25, 0.3) is 24.3 Å². The molecule has 3 aromatic carbocycles. The fourth-order valence-electron chi connectivity index (χ4n) is 12.2. The molecule has 72 heavy (non-hydrogen) atoms. The Bertz CT molecular complexity index is 2230. The number of fused-ring (bicyclic) bond motifs is 6. The first-order chi connectivity index (χ1) is 34.8. The fraction of sp³-hybridized carbons (Fsp3) is 0.621. The summed E-state index contributed by atoms with van der Waals surface area (Å²) >= 11 is 5.22. The smallest absolute Gasteiger partial charge is 0.151 e. The molecule has 8 aliphatic rings. The molecule has 3 aromatic rings. The Morgan fingerprint density at radius 1 is 0.528 bits per heavy atom. The van der Waals surface area contributed by atoms with Crippen molar-refractivity contribution in [3.63, 3.8) is 0 Å². The summed E-state index contributed by atoms with van der Waals surface area (Å²) in [5, 5.41) is 0. The van der Waals surface area contributed by atoms with E-state index in [1.165, 1.54) is 136 Å². The number of likely N-dealkylation sites (N-methyl/N-ethyl adjacent to an activating group) is 4. The number of ether oxygens (including phenoxy) is 4. The molecule has 4 bridgehead atoms. The number of nitrogens with one attached hydrogen (secondary N) is 2. The van der Waals surface area contributed by atoms with Crippen molar-refractivity contribution in [1.29, 1.82) is 0 Å². The quantitative estimate of drug-likeness (QED) is 0.0334. The van der Waals surface area contributed by atoms with Crippen LogP contribution in [0.4, 0.5) is 0 Å². The second-order valence-electron chi connectivity index (χ2n) is 23.4. The largest absolute Gasteiger partial charge is 0.493 e. The number of quaternary nitrogens is 6. The second kappa shape index (κ2) is 25.1. The zero-order valence-corrected chi connectivity index (χ0v) is 48.8. The second-order valence-corrected chi connectivity index (χ2v) is 26.4. The van der Waals surface area contributed by atoms with Gasteiger partial charge in [-0.05, 0) is 83.2 Å². The Hall–Kier alpha value is -2.52. The molecule has 0 spiro atoms. The van der Waals surface area contributed by atoms with Gasteiger partial charge in [0, 0.05) is 50.9 Å². The highest BCUT2D eigenvalue weighted by Gasteiger charge is 2.47. The first-order valence-corrected chi connectivity index (χ1v) is 30.3. The average molecular weight is 1220 g/mol. The van der Waals surface area contributed by atoms with Gasteiger partial charge in [-0.25, -0.2) is 0 Å². The summed E-state index contributed by atoms with van der Waals surface area (Å²) in [7, 11) is 9.36. The monoisotopic (exact) mass is 1220 g/mol. The van der Waals surface area contributed by atoms with Crippen molar-refractivity contribution in [2.75, 3.05) is 199 Å². The topological polar surface area (TPSA) is 52.3 Å². The maximum atomic E-state index is 6.52. The van der Waals surface area contributed by atoms with E-state index >= 15 is 0 Å². The van der Waals surface area contributed by atoms with Gasteiger partial charge in [-0.3, -0.25) is 9.80 Å². The van der Waals surface area contributed by atoms with Crippen molar-refractivity contribution >= 4 is 69.5 Å². The lowest BCUT2D eigenvalue weighted by atomic mass is 10.1. The SMILES string of the molecule is CN1CC[NH+](CCCOc2cc(/C=C/c3ccc(/C=C/c4cc(OCCC[NH+]5CCN(C)C(I)C5)cc(OCCC[N+]56CC[N+](C)(CC5)CC6)c4)cc3)cc(OCCC[N+]34CC[N+](C)(CC3)CC4)c2)C(I)C1. The molecule has 0 aromatic heterocycles. The van der Waals surface area contributed by atoms with Crippen LogP contribution in [0.3, 0.4) is 0 Å². The summed E-state index contributed by atoms with van der Waals surface area (Å²) in [5.74, 6) is 3.58. The van der Waals surface area contributed by atoms with Crippen LogP contribution in [0.1, 0.15) is 47.9 Å². The van der Waals surface area contributed by atoms with Crippen molar-refractivity contribution < 1.29 is 46.7 Å². The van der Waals surface area contributed by atoms with Crippen LogP contribution in [0, 0.1) is 0 Å². The van der Waals surface area contributed by atoms with Crippen molar-refractivity contribution in [2.45, 2.75) is 33.8 Å². The molecule has 8 heterocycles. The lowest BCUT2D eigenvalue weighted by Crippen LogP contribution is -3.17. The fourth-order valence-corrected chi connectivity index (χ4v) is 14.4. The molecule has 0 amide bonds. The molecule has 8 saturated heterocycles. The van der Waals surface area contributed by atoms with Gasteiger partial charge in [-0.1, -0.05) is 71.2 Å². The minimum Gasteiger partial charge on any atom is -0.493 e. The minimum absolute atomic E-state index is 0.606. The Labute approximate surface area is 461 Å². The summed E-state index contributed by atoms with van der Waals surface area (Å²) in [4.78, 5) is 8.27. The zero-order valence-electron chi connectivity index (χ0n) is 44.5. The zero-order chi connectivity index (χ0) is 50.0. The molecule has 11 rings (SSSR count). The van der Waals surface area contributed by atoms with Gasteiger partial charge >= 0.3 is 0 Å². The molecule has 8 aliphatic heterocycles. The van der Waals surface area contributed by atoms with Crippen molar-refractivity contribution in [1.82, 2.24) is 9.80 Å². The number of benzene rings is 3. The van der Waals surface area contributed by atoms with E-state index in [1.807, 2.05) is 0 Å². The number of hydrogen-bond donors (Lipinski definition) is 2. The third-order valence-corrected chi connectivity index (χ3v) is 20.5. The van der Waals surface area contributed by atoms with E-state index in [0.29, 0.717) is 21.3 Å². The van der Waals surface area contributed by atoms with Gasteiger partial charge in [-0.15, -0.1) is 0 Å². The molecule has 4 atom stereocenters. The van der Waals surface area contributed by atoms with Crippen molar-refractivity contribution in [3.8, 4) is 23.0 Å². The number of alkyl halides is 2. The molecule has 0 saturated carbocycles. The highest BCUT2D eigenvalue weighted by Crippen LogP contribution is 2.30. The van der Waals surface area contributed by atoms with Crippen LogP contribution in [0.2, 0.25) is 0 Å². The van der Waals surface area contributed by atoms with Crippen LogP contribution in [0.15, 0.2) is 60.7 Å². The van der Waals surface area contributed by atoms with Crippen molar-refractivity contribution in [3.05, 3.63) is 82.9 Å². The highest BCUT2D eigenvalue weighted by atomic mass is 127. The Morgan fingerprint density at radius 3 is 1.38 bits per heavy atom. The van der Waals surface area contributed by atoms with Gasteiger partial charge in [0.15, 0.2) is 4.05 Å². The van der Waals surface area contributed by atoms with E-state index in [4.69, 9.17) is 18.9 Å². The summed E-state index contributed by atoms with van der Waals surface area (Å²) in [6.07, 6.45) is 13.1. The maximum Gasteiger partial charge on any atom is 0.151 e. The van der Waals surface area contributed by atoms with E-state index in [2.05, 4.69) is 168 Å². The summed E-state index contributed by atoms with van der Waals surface area (Å²) in [5.41, 5.74) is 4.50. The lowest BCUT2D eigenvalue weighted by Gasteiger charge is -2.54. The number of rotatable bonds is 24. The lowest BCUT2D eigenvalue weighted by molar-refractivity contribution is -1.07. The number of nitrogens with zero attached hydrogens (tertiary/aromatic N) is 6. The van der Waals surface area contributed by atoms with Gasteiger partial charge in [0.05, 0.1) is 86.3 Å². The third kappa shape index (κ3) is 15.3. The van der Waals surface area contributed by atoms with Crippen LogP contribution < -0.4 is 28.7 Å². The van der Waals surface area contributed by atoms with Gasteiger partial charge in [0.2, 0.25) is 0 Å². The van der Waals surface area contributed by atoms with Gasteiger partial charge in [-0.2, -0.15) is 0 Å². The minimum atomic E-state index is 0.606. The molecular weight excluding hydrogens is 1130 g/mol. The number of halogens is 2. The van der Waals surface area contributed by atoms with Crippen LogP contribution in [-0.2, 0) is 0 Å². The first-order valence-electron chi connectivity index (χ1n) is 27.8. The summed E-state index contributed by atoms with van der Waals surface area (Å²) in [6, 6.07) is 21.7. The maximum absolute atomic E-state index is 6.52. The van der Waals surface area contributed by atoms with Crippen LogP contribution in [-0.4, -0.2) is 234 Å². The summed E-state index contributed by atoms with van der Waals surface area (Å²) < 4.78 is 32.3. The standard InChI is InChI=1S/C58H88I2N8O4/c1-61-19-22-64(58(60)47-61)18-6-38-70-54-42-52(44-56(46-54)72-40-8-24-68-34-28-66(4,29-35-68)30-36-68)16-14-50-11-9-49(10-12-50)13-15-51-41-53(69-37-5-17-63-21-20-62(2)57(59)48-63)45-55(43-51)71-39-7-23-67-31-25-65(3,26-32-67)27-33-67/h9-16,41-46,57-58H,5-8,17-40,47-48H2,1-4H3/q+4/p+2/b15-13+,16-14+. The molecule has 8 fully saturated rings. The molecule has 4 unspecified atom stereocenters. The highest BCUT2D eigenvalue weighted by molar-refractivity contribution is 14.1. The summed E-state index contributed by atoms with van der Waals surface area (Å²) in [6.45, 7) is 30.5. The normalized spacial score (nSPS) is 30.9. The Kier molecular flexibility index (Phi) is 18.9. The number of hydrogen-bond acceptors (Lipinski definition) is 6. The molecule has 394 valence electrons. The van der Waals surface area contributed by atoms with E-state index in [-0.39, 0.29) is 0 Å². The predicted octanol–water partition coefficient (Wildman–Crippen LogP) is 4.87. The van der Waals surface area contributed by atoms with Gasteiger partial charge in [0.1, 0.15) is 112 Å². The predicted molar refractivity (Wildman–Crippen MR) is 311 cm³/mol.